The molecule has 0 saturated carbocycles. The third kappa shape index (κ3) is 2.30. The summed E-state index contributed by atoms with van der Waals surface area (Å²) in [6.07, 6.45) is 0. The highest BCUT2D eigenvalue weighted by atomic mass is 16.5. The van der Waals surface area contributed by atoms with E-state index >= 15 is 0 Å². The van der Waals surface area contributed by atoms with E-state index in [4.69, 9.17) is 10.5 Å². The molecule has 0 unspecified atom stereocenters. The molecule has 0 aromatic heterocycles. The van der Waals surface area contributed by atoms with Crippen molar-refractivity contribution in [2.45, 2.75) is 0 Å². The summed E-state index contributed by atoms with van der Waals surface area (Å²) in [4.78, 5) is 2.20. The Morgan fingerprint density at radius 2 is 2.00 bits per heavy atom. The predicted molar refractivity (Wildman–Crippen MR) is 34.3 cm³/mol. The molecule has 0 bridgehead atoms. The molecule has 1 aliphatic heterocycles. The summed E-state index contributed by atoms with van der Waals surface area (Å²) in [5.74, 6) is 0. The van der Waals surface area contributed by atoms with Crippen molar-refractivity contribution in [2.75, 3.05) is 39.4 Å². The molecule has 0 N–H and O–H groups in total. The van der Waals surface area contributed by atoms with Gasteiger partial charge < -0.3 is 4.74 Å². The lowest BCUT2D eigenvalue weighted by atomic mass is 10.4. The van der Waals surface area contributed by atoms with E-state index in [1.165, 1.54) is 0 Å². The lowest BCUT2D eigenvalue weighted by molar-refractivity contribution is 0.0392. The topological polar surface area (TPSA) is 34.8 Å². The van der Waals surface area contributed by atoms with Crippen molar-refractivity contribution in [2.24, 2.45) is 0 Å². The van der Waals surface area contributed by atoms with Crippen molar-refractivity contribution in [3.8, 4) is 0 Å². The van der Waals surface area contributed by atoms with Crippen LogP contribution in [0.25, 0.3) is 0 Å². The molecule has 0 aromatic carbocycles. The van der Waals surface area contributed by atoms with Crippen LogP contribution in [0.4, 0.5) is 0 Å². The minimum Gasteiger partial charge on any atom is -0.379 e. The Kier molecular flexibility index (Phi) is 2.97. The van der Waals surface area contributed by atoms with Gasteiger partial charge in [0.25, 0.3) is 0 Å². The second-order valence-corrected chi connectivity index (χ2v) is 2.18. The van der Waals surface area contributed by atoms with Gasteiger partial charge in [0.15, 0.2) is 0 Å². The van der Waals surface area contributed by atoms with Gasteiger partial charge in [-0.1, -0.05) is 0 Å². The van der Waals surface area contributed by atoms with Crippen LogP contribution < -0.4 is 5.73 Å². The first-order chi connectivity index (χ1) is 4.43. The zero-order valence-corrected chi connectivity index (χ0v) is 5.55. The molecule has 0 aliphatic carbocycles. The number of hydrogen-bond donors (Lipinski definition) is 0. The summed E-state index contributed by atoms with van der Waals surface area (Å²) < 4.78 is 5.12. The Labute approximate surface area is 55.8 Å². The van der Waals surface area contributed by atoms with Crippen molar-refractivity contribution >= 4 is 0 Å². The van der Waals surface area contributed by atoms with E-state index in [2.05, 4.69) is 4.90 Å². The Hall–Kier alpha value is -0.120. The molecule has 0 aromatic rings. The first-order valence-corrected chi connectivity index (χ1v) is 3.34. The van der Waals surface area contributed by atoms with Gasteiger partial charge in [-0.05, 0) is 0 Å². The number of ether oxygens (including phenoxy) is 1. The largest absolute Gasteiger partial charge is 0.379 e. The second kappa shape index (κ2) is 3.82. The number of morpholine rings is 1. The predicted octanol–water partition coefficient (Wildman–Crippen LogP) is -0.613. The van der Waals surface area contributed by atoms with E-state index in [9.17, 15) is 0 Å². The van der Waals surface area contributed by atoms with Crippen LogP contribution >= 0.6 is 0 Å². The maximum Gasteiger partial charge on any atom is 0.0594 e. The molecule has 0 atom stereocenters. The molecule has 1 rings (SSSR count). The number of rotatable bonds is 2. The molecule has 1 aliphatic rings. The highest BCUT2D eigenvalue weighted by molar-refractivity contribution is 4.60. The van der Waals surface area contributed by atoms with Crippen molar-refractivity contribution in [3.05, 3.63) is 0 Å². The van der Waals surface area contributed by atoms with E-state index in [0.29, 0.717) is 0 Å². The maximum absolute atomic E-state index is 8.54. The minimum absolute atomic E-state index is 0.264. The van der Waals surface area contributed by atoms with Gasteiger partial charge in [-0.2, -0.15) is 0 Å². The van der Waals surface area contributed by atoms with Crippen LogP contribution in [-0.4, -0.2) is 44.3 Å². The average molecular weight is 128 g/mol. The van der Waals surface area contributed by atoms with Gasteiger partial charge >= 0.3 is 0 Å². The normalized spacial score (nSPS) is 22.3. The van der Waals surface area contributed by atoms with Gasteiger partial charge in [0, 0.05) is 26.2 Å². The van der Waals surface area contributed by atoms with E-state index in [1.54, 1.807) is 0 Å². The zero-order chi connectivity index (χ0) is 6.53. The van der Waals surface area contributed by atoms with Crippen molar-refractivity contribution in [1.29, 1.82) is 0 Å². The minimum atomic E-state index is 0.264. The van der Waals surface area contributed by atoms with Crippen molar-refractivity contribution < 1.29 is 4.74 Å². The van der Waals surface area contributed by atoms with E-state index < -0.39 is 0 Å². The lowest BCUT2D eigenvalue weighted by Gasteiger charge is -2.25. The van der Waals surface area contributed by atoms with E-state index in [0.717, 1.165) is 32.8 Å². The molecule has 0 spiro atoms. The van der Waals surface area contributed by atoms with Gasteiger partial charge in [-0.3, -0.25) is 4.90 Å². The molecular formula is C6H12N2O. The molecule has 9 heavy (non-hydrogen) atoms. The Morgan fingerprint density at radius 1 is 1.33 bits per heavy atom. The quantitative estimate of drug-likeness (QED) is 0.497. The summed E-state index contributed by atoms with van der Waals surface area (Å²) in [6.45, 7) is 4.64. The van der Waals surface area contributed by atoms with Crippen LogP contribution in [0.15, 0.2) is 0 Å². The van der Waals surface area contributed by atoms with Gasteiger partial charge in [-0.15, -0.1) is 5.73 Å². The molecule has 3 nitrogen and oxygen atoms in total. The fourth-order valence-corrected chi connectivity index (χ4v) is 0.966. The van der Waals surface area contributed by atoms with Gasteiger partial charge in [-0.25, -0.2) is 0 Å². The first-order valence-electron chi connectivity index (χ1n) is 3.34. The van der Waals surface area contributed by atoms with Crippen LogP contribution in [0.1, 0.15) is 0 Å². The Morgan fingerprint density at radius 3 is 2.56 bits per heavy atom. The van der Waals surface area contributed by atoms with Crippen LogP contribution in [-0.2, 0) is 4.74 Å². The monoisotopic (exact) mass is 128 g/mol. The summed E-state index contributed by atoms with van der Waals surface area (Å²) >= 11 is 0. The first kappa shape index (κ1) is 6.99. The maximum atomic E-state index is 8.54. The molecule has 1 fully saturated rings. The highest BCUT2D eigenvalue weighted by Gasteiger charge is 2.07. The number of nitrogens with zero attached hydrogens (tertiary/aromatic N) is 2. The smallest absolute Gasteiger partial charge is 0.0594 e. The molecular weight excluding hydrogens is 116 g/mol. The third-order valence-corrected chi connectivity index (χ3v) is 1.52. The fraction of sp³-hybridized carbons (Fsp3) is 1.00. The molecule has 2 radical (unpaired) electrons. The summed E-state index contributed by atoms with van der Waals surface area (Å²) in [7, 11) is 0. The fourth-order valence-electron chi connectivity index (χ4n) is 0.966. The second-order valence-electron chi connectivity index (χ2n) is 2.18. The van der Waals surface area contributed by atoms with Gasteiger partial charge in [0.1, 0.15) is 0 Å². The molecule has 3 heteroatoms. The molecule has 0 amide bonds. The summed E-state index contributed by atoms with van der Waals surface area (Å²) in [5.41, 5.74) is 8.54. The summed E-state index contributed by atoms with van der Waals surface area (Å²) in [5, 5.41) is 0. The Balaban J connectivity index is 2.08. The van der Waals surface area contributed by atoms with Gasteiger partial charge in [0.05, 0.1) is 13.2 Å². The Bertz CT molecular complexity index is 68.7. The lowest BCUT2D eigenvalue weighted by Crippen LogP contribution is -2.38. The van der Waals surface area contributed by atoms with Gasteiger partial charge in [0.2, 0.25) is 0 Å². The SMILES string of the molecule is [N]CCN1CCOCC1. The third-order valence-electron chi connectivity index (χ3n) is 1.52. The molecule has 1 saturated heterocycles. The van der Waals surface area contributed by atoms with Crippen LogP contribution in [0, 0.1) is 0 Å². The number of hydrogen-bond acceptors (Lipinski definition) is 2. The van der Waals surface area contributed by atoms with Crippen LogP contribution in [0.2, 0.25) is 0 Å². The van der Waals surface area contributed by atoms with Crippen LogP contribution in [0.3, 0.4) is 0 Å². The van der Waals surface area contributed by atoms with Crippen LogP contribution in [0.5, 0.6) is 0 Å². The van der Waals surface area contributed by atoms with Crippen molar-refractivity contribution in [1.82, 2.24) is 10.6 Å². The van der Waals surface area contributed by atoms with E-state index in [1.807, 2.05) is 0 Å². The molecule has 1 heterocycles. The average Bonchev–Trinajstić information content (AvgIpc) is 1.91. The summed E-state index contributed by atoms with van der Waals surface area (Å²) in [6, 6.07) is 0. The standard InChI is InChI=1S/C6H12N2O/c7-1-2-8-3-5-9-6-4-8/h1-6H2. The zero-order valence-electron chi connectivity index (χ0n) is 5.55. The van der Waals surface area contributed by atoms with E-state index in [-0.39, 0.29) is 6.54 Å². The molecule has 52 valence electrons. The van der Waals surface area contributed by atoms with Crippen molar-refractivity contribution in [3.63, 3.8) is 0 Å². The highest BCUT2D eigenvalue weighted by Crippen LogP contribution is 1.93.